The van der Waals surface area contributed by atoms with Crippen molar-refractivity contribution in [2.75, 3.05) is 12.5 Å². The number of thiophene rings is 1. The highest BCUT2D eigenvalue weighted by atomic mass is 32.2. The number of carbonyl (C=O) groups excluding carboxylic acids is 2. The van der Waals surface area contributed by atoms with Crippen molar-refractivity contribution < 1.29 is 9.59 Å². The predicted molar refractivity (Wildman–Crippen MR) is 90.7 cm³/mol. The minimum Gasteiger partial charge on any atom is -0.274 e. The second-order valence-electron chi connectivity index (χ2n) is 3.76. The molecule has 0 saturated carbocycles. The number of nitrogens with zero attached hydrogens (tertiary/aromatic N) is 2. The van der Waals surface area contributed by atoms with Crippen molar-refractivity contribution in [2.45, 2.75) is 22.3 Å². The Morgan fingerprint density at radius 2 is 1.33 bits per heavy atom. The molecule has 1 aromatic heterocycles. The lowest BCUT2D eigenvalue weighted by Crippen LogP contribution is -2.13. The number of hydrogen-bond acceptors (Lipinski definition) is 7. The van der Waals surface area contributed by atoms with Crippen LogP contribution in [-0.2, 0) is 9.59 Å². The molecular formula is C12H16N4O2S3. The van der Waals surface area contributed by atoms with Crippen LogP contribution >= 0.6 is 34.9 Å². The van der Waals surface area contributed by atoms with Crippen LogP contribution in [0.5, 0.6) is 0 Å². The van der Waals surface area contributed by atoms with E-state index in [1.165, 1.54) is 13.8 Å². The van der Waals surface area contributed by atoms with Crippen molar-refractivity contribution in [3.05, 3.63) is 11.1 Å². The molecule has 0 aliphatic carbocycles. The van der Waals surface area contributed by atoms with E-state index in [1.807, 2.05) is 12.5 Å². The second kappa shape index (κ2) is 8.85. The van der Waals surface area contributed by atoms with Crippen LogP contribution in [0.25, 0.3) is 0 Å². The zero-order chi connectivity index (χ0) is 15.8. The van der Waals surface area contributed by atoms with Gasteiger partial charge in [0.1, 0.15) is 0 Å². The Morgan fingerprint density at radius 3 is 1.62 bits per heavy atom. The van der Waals surface area contributed by atoms with Gasteiger partial charge in [-0.25, -0.2) is 10.9 Å². The molecule has 9 heteroatoms. The van der Waals surface area contributed by atoms with E-state index in [0.29, 0.717) is 0 Å². The van der Waals surface area contributed by atoms with Gasteiger partial charge in [0.25, 0.3) is 0 Å². The third-order valence-corrected chi connectivity index (χ3v) is 5.61. The molecule has 0 saturated heterocycles. The molecule has 0 aromatic carbocycles. The highest BCUT2D eigenvalue weighted by Gasteiger charge is 2.14. The summed E-state index contributed by atoms with van der Waals surface area (Å²) >= 11 is 4.82. The van der Waals surface area contributed by atoms with Crippen molar-refractivity contribution in [2.24, 2.45) is 10.2 Å². The van der Waals surface area contributed by atoms with Crippen LogP contribution in [0, 0.1) is 0 Å². The van der Waals surface area contributed by atoms with Crippen molar-refractivity contribution in [1.82, 2.24) is 10.9 Å². The Balaban J connectivity index is 3.14. The Hall–Kier alpha value is -1.32. The number of rotatable bonds is 6. The highest BCUT2D eigenvalue weighted by molar-refractivity contribution is 8.02. The molecule has 114 valence electrons. The van der Waals surface area contributed by atoms with Crippen LogP contribution in [0.3, 0.4) is 0 Å². The van der Waals surface area contributed by atoms with Gasteiger partial charge in [-0.15, -0.1) is 34.9 Å². The quantitative estimate of drug-likeness (QED) is 0.470. The monoisotopic (exact) mass is 344 g/mol. The fraction of sp³-hybridized carbons (Fsp3) is 0.333. The predicted octanol–water partition coefficient (Wildman–Crippen LogP) is 2.13. The lowest BCUT2D eigenvalue weighted by molar-refractivity contribution is -0.119. The molecule has 0 radical (unpaired) electrons. The Morgan fingerprint density at radius 1 is 0.952 bits per heavy atom. The molecule has 0 aliphatic heterocycles. The number of nitrogens with one attached hydrogen (secondary N) is 2. The van der Waals surface area contributed by atoms with E-state index in [-0.39, 0.29) is 11.8 Å². The number of hydrazone groups is 2. The third kappa shape index (κ3) is 5.52. The van der Waals surface area contributed by atoms with E-state index in [2.05, 4.69) is 21.1 Å². The molecule has 0 unspecified atom stereocenters. The maximum atomic E-state index is 10.9. The molecule has 0 aliphatic rings. The van der Waals surface area contributed by atoms with Gasteiger partial charge in [-0.05, 0) is 12.5 Å². The summed E-state index contributed by atoms with van der Waals surface area (Å²) in [7, 11) is 0. The third-order valence-electron chi connectivity index (χ3n) is 2.12. The Labute approximate surface area is 135 Å². The van der Waals surface area contributed by atoms with Crippen molar-refractivity contribution >= 4 is 59.1 Å². The zero-order valence-electron chi connectivity index (χ0n) is 12.1. The molecule has 2 N–H and O–H groups in total. The van der Waals surface area contributed by atoms with Gasteiger partial charge in [-0.1, -0.05) is 0 Å². The topological polar surface area (TPSA) is 82.9 Å². The first-order valence-corrected chi connectivity index (χ1v) is 9.10. The summed E-state index contributed by atoms with van der Waals surface area (Å²) in [5.41, 5.74) is 6.51. The van der Waals surface area contributed by atoms with Crippen LogP contribution < -0.4 is 10.9 Å². The number of carbonyl (C=O) groups is 2. The summed E-state index contributed by atoms with van der Waals surface area (Å²) in [6.45, 7) is 2.79. The van der Waals surface area contributed by atoms with Crippen LogP contribution in [0.4, 0.5) is 0 Å². The molecular weight excluding hydrogens is 328 g/mol. The maximum absolute atomic E-state index is 10.9. The van der Waals surface area contributed by atoms with Crippen LogP contribution in [-0.4, -0.2) is 36.8 Å². The SMILES string of the molecule is CSc1sc(SC)c(/C=N\NC(C)=O)c1/C=N\NC(C)=O. The van der Waals surface area contributed by atoms with Gasteiger partial charge < -0.3 is 0 Å². The molecule has 0 atom stereocenters. The van der Waals surface area contributed by atoms with E-state index in [4.69, 9.17) is 0 Å². The molecule has 1 aromatic rings. The molecule has 6 nitrogen and oxygen atoms in total. The van der Waals surface area contributed by atoms with E-state index < -0.39 is 0 Å². The summed E-state index contributed by atoms with van der Waals surface area (Å²) in [4.78, 5) is 21.8. The Bertz CT molecular complexity index is 533. The average Bonchev–Trinajstić information content (AvgIpc) is 2.76. The van der Waals surface area contributed by atoms with E-state index >= 15 is 0 Å². The molecule has 1 rings (SSSR count). The lowest BCUT2D eigenvalue weighted by Gasteiger charge is -1.98. The van der Waals surface area contributed by atoms with E-state index in [0.717, 1.165) is 19.5 Å². The first-order chi connectivity index (χ1) is 9.99. The molecule has 2 amide bonds. The molecule has 0 bridgehead atoms. The first-order valence-electron chi connectivity index (χ1n) is 5.83. The fourth-order valence-corrected chi connectivity index (χ4v) is 4.14. The normalized spacial score (nSPS) is 11.2. The molecule has 21 heavy (non-hydrogen) atoms. The summed E-state index contributed by atoms with van der Waals surface area (Å²) in [6.07, 6.45) is 7.14. The number of hydrogen-bond donors (Lipinski definition) is 2. The lowest BCUT2D eigenvalue weighted by atomic mass is 10.2. The van der Waals surface area contributed by atoms with Gasteiger partial charge in [0.05, 0.1) is 20.8 Å². The van der Waals surface area contributed by atoms with E-state index in [1.54, 1.807) is 47.3 Å². The zero-order valence-corrected chi connectivity index (χ0v) is 14.5. The molecule has 0 fully saturated rings. The van der Waals surface area contributed by atoms with Crippen molar-refractivity contribution in [1.29, 1.82) is 0 Å². The fourth-order valence-electron chi connectivity index (χ4n) is 1.34. The first kappa shape index (κ1) is 17.7. The standard InChI is InChI=1S/C12H16N4O2S3/c1-7(17)15-13-5-9-10(6-14-16-8(2)18)12(20-4)21-11(9)19-3/h5-6H,1-4H3,(H,15,17)(H,16,18)/b13-5-,14-6-. The summed E-state index contributed by atoms with van der Waals surface area (Å²) in [5, 5.41) is 7.82. The smallest absolute Gasteiger partial charge is 0.236 e. The summed E-state index contributed by atoms with van der Waals surface area (Å²) in [6, 6.07) is 0. The summed E-state index contributed by atoms with van der Waals surface area (Å²) in [5.74, 6) is -0.462. The van der Waals surface area contributed by atoms with Gasteiger partial charge in [-0.2, -0.15) is 10.2 Å². The minimum absolute atomic E-state index is 0.231. The largest absolute Gasteiger partial charge is 0.274 e. The molecule has 0 spiro atoms. The van der Waals surface area contributed by atoms with Gasteiger partial charge in [0.15, 0.2) is 0 Å². The van der Waals surface area contributed by atoms with Crippen LogP contribution in [0.1, 0.15) is 25.0 Å². The number of amides is 2. The van der Waals surface area contributed by atoms with Gasteiger partial charge in [0, 0.05) is 25.0 Å². The van der Waals surface area contributed by atoms with Crippen LogP contribution in [0.2, 0.25) is 0 Å². The number of thioether (sulfide) groups is 2. The van der Waals surface area contributed by atoms with Gasteiger partial charge in [-0.3, -0.25) is 9.59 Å². The van der Waals surface area contributed by atoms with Crippen LogP contribution in [0.15, 0.2) is 18.6 Å². The van der Waals surface area contributed by atoms with Crippen molar-refractivity contribution in [3.8, 4) is 0 Å². The maximum Gasteiger partial charge on any atom is 0.236 e. The summed E-state index contributed by atoms with van der Waals surface area (Å²) < 4.78 is 2.13. The highest BCUT2D eigenvalue weighted by Crippen LogP contribution is 2.38. The van der Waals surface area contributed by atoms with E-state index in [9.17, 15) is 9.59 Å². The second-order valence-corrected chi connectivity index (χ2v) is 6.94. The van der Waals surface area contributed by atoms with Crippen molar-refractivity contribution in [3.63, 3.8) is 0 Å². The van der Waals surface area contributed by atoms with Gasteiger partial charge >= 0.3 is 0 Å². The Kier molecular flexibility index (Phi) is 7.48. The van der Waals surface area contributed by atoms with Gasteiger partial charge in [0.2, 0.25) is 11.8 Å². The average molecular weight is 344 g/mol. The molecule has 1 heterocycles. The minimum atomic E-state index is -0.231.